The van der Waals surface area contributed by atoms with E-state index in [2.05, 4.69) is 10.0 Å². The number of urea groups is 1. The molecule has 2 N–H and O–H groups in total. The predicted octanol–water partition coefficient (Wildman–Crippen LogP) is 2.63. The van der Waals surface area contributed by atoms with Crippen molar-refractivity contribution in [1.29, 1.82) is 0 Å². The fraction of sp³-hybridized carbons (Fsp3) is 0.619. The maximum Gasteiger partial charge on any atom is 0.324 e. The van der Waals surface area contributed by atoms with Crippen molar-refractivity contribution in [2.24, 2.45) is 5.92 Å². The van der Waals surface area contributed by atoms with Crippen LogP contribution in [0.1, 0.15) is 56.2 Å². The number of hydrogen-bond acceptors (Lipinski definition) is 5. The molecule has 31 heavy (non-hydrogen) atoms. The molecule has 1 heterocycles. The highest BCUT2D eigenvalue weighted by molar-refractivity contribution is 7.89. The average molecular weight is 456 g/mol. The summed E-state index contributed by atoms with van der Waals surface area (Å²) in [4.78, 5) is 24.0. The molecular formula is C21H30FN3O5S. The van der Waals surface area contributed by atoms with Crippen LogP contribution in [0.25, 0.3) is 0 Å². The van der Waals surface area contributed by atoms with E-state index in [4.69, 9.17) is 4.74 Å². The Morgan fingerprint density at radius 3 is 2.65 bits per heavy atom. The van der Waals surface area contributed by atoms with Crippen LogP contribution in [0.5, 0.6) is 5.75 Å². The first-order chi connectivity index (χ1) is 14.6. The van der Waals surface area contributed by atoms with Gasteiger partial charge in [-0.3, -0.25) is 10.1 Å². The highest BCUT2D eigenvalue weighted by atomic mass is 32.2. The Morgan fingerprint density at radius 1 is 1.26 bits per heavy atom. The molecule has 1 saturated carbocycles. The van der Waals surface area contributed by atoms with E-state index in [1.165, 1.54) is 11.0 Å². The van der Waals surface area contributed by atoms with Crippen LogP contribution in [-0.2, 0) is 14.8 Å². The van der Waals surface area contributed by atoms with Crippen LogP contribution in [0.15, 0.2) is 12.1 Å². The average Bonchev–Trinajstić information content (AvgIpc) is 3.46. The van der Waals surface area contributed by atoms with Gasteiger partial charge in [-0.25, -0.2) is 22.3 Å². The minimum Gasteiger partial charge on any atom is -0.493 e. The van der Waals surface area contributed by atoms with Crippen molar-refractivity contribution in [3.63, 3.8) is 0 Å². The quantitative estimate of drug-likeness (QED) is 0.372. The Hall–Kier alpha value is -2.20. The van der Waals surface area contributed by atoms with Crippen molar-refractivity contribution in [2.45, 2.75) is 52.0 Å². The standard InChI is InChI=1S/C21H30FN3O5S/c1-14-18(22)10-17(11-19(14)30-13-16-6-7-16)15(2)24-31(28,29)9-5-3-4-8-25-12-20(26)23-21(25)27/h10-11,15-16,24H,3-9,12-13H2,1-2H3,(H,23,26,27)/t15-/m1/s1. The Balaban J connectivity index is 1.46. The van der Waals surface area contributed by atoms with Gasteiger partial charge < -0.3 is 9.64 Å². The molecule has 1 aromatic rings. The number of carbonyl (C=O) groups excluding carboxylic acids is 2. The molecule has 1 aliphatic heterocycles. The summed E-state index contributed by atoms with van der Waals surface area (Å²) in [6.45, 7) is 4.34. The number of imide groups is 1. The number of benzene rings is 1. The summed E-state index contributed by atoms with van der Waals surface area (Å²) >= 11 is 0. The molecule has 2 fully saturated rings. The molecule has 2 aliphatic rings. The number of nitrogens with one attached hydrogen (secondary N) is 2. The monoisotopic (exact) mass is 455 g/mol. The van der Waals surface area contributed by atoms with Gasteiger partial charge in [0.05, 0.1) is 12.4 Å². The largest absolute Gasteiger partial charge is 0.493 e. The van der Waals surface area contributed by atoms with Gasteiger partial charge in [0.15, 0.2) is 0 Å². The van der Waals surface area contributed by atoms with Crippen LogP contribution < -0.4 is 14.8 Å². The van der Waals surface area contributed by atoms with Crippen LogP contribution in [-0.4, -0.2) is 50.7 Å². The van der Waals surface area contributed by atoms with Crippen molar-refractivity contribution in [3.8, 4) is 5.75 Å². The van der Waals surface area contributed by atoms with Crippen LogP contribution in [0.2, 0.25) is 0 Å². The number of halogens is 1. The molecule has 3 amide bonds. The van der Waals surface area contributed by atoms with Crippen molar-refractivity contribution in [1.82, 2.24) is 14.9 Å². The first-order valence-corrected chi connectivity index (χ1v) is 12.3. The fourth-order valence-electron chi connectivity index (χ4n) is 3.40. The highest BCUT2D eigenvalue weighted by Crippen LogP contribution is 2.32. The Kier molecular flexibility index (Phi) is 7.53. The Bertz CT molecular complexity index is 933. The van der Waals surface area contributed by atoms with E-state index in [1.54, 1.807) is 19.9 Å². The summed E-state index contributed by atoms with van der Waals surface area (Å²) < 4.78 is 47.5. The molecule has 1 aromatic carbocycles. The Labute approximate surface area is 182 Å². The second-order valence-corrected chi connectivity index (χ2v) is 10.2. The van der Waals surface area contributed by atoms with Crippen molar-refractivity contribution in [3.05, 3.63) is 29.1 Å². The summed E-state index contributed by atoms with van der Waals surface area (Å²) in [5.41, 5.74) is 0.940. The molecular weight excluding hydrogens is 425 g/mol. The highest BCUT2D eigenvalue weighted by Gasteiger charge is 2.26. The molecule has 0 radical (unpaired) electrons. The lowest BCUT2D eigenvalue weighted by atomic mass is 10.1. The molecule has 1 aliphatic carbocycles. The van der Waals surface area contributed by atoms with E-state index in [1.807, 2.05) is 0 Å². The van der Waals surface area contributed by atoms with E-state index in [0.29, 0.717) is 55.2 Å². The van der Waals surface area contributed by atoms with E-state index < -0.39 is 27.9 Å². The molecule has 0 spiro atoms. The first kappa shape index (κ1) is 23.5. The SMILES string of the molecule is Cc1c(F)cc([C@@H](C)NS(=O)(=O)CCCCCN2CC(=O)NC2=O)cc1OCC1CC1. The van der Waals surface area contributed by atoms with Crippen LogP contribution in [0, 0.1) is 18.7 Å². The summed E-state index contributed by atoms with van der Waals surface area (Å²) in [6.07, 6.45) is 3.88. The van der Waals surface area contributed by atoms with E-state index >= 15 is 0 Å². The zero-order valence-electron chi connectivity index (χ0n) is 17.9. The summed E-state index contributed by atoms with van der Waals surface area (Å²) in [6, 6.07) is 2.05. The van der Waals surface area contributed by atoms with Crippen LogP contribution >= 0.6 is 0 Å². The topological polar surface area (TPSA) is 105 Å². The van der Waals surface area contributed by atoms with Gasteiger partial charge in [-0.15, -0.1) is 0 Å². The summed E-state index contributed by atoms with van der Waals surface area (Å²) in [5, 5.41) is 2.20. The van der Waals surface area contributed by atoms with Gasteiger partial charge in [-0.05, 0) is 63.1 Å². The molecule has 0 bridgehead atoms. The lowest BCUT2D eigenvalue weighted by molar-refractivity contribution is -0.118. The molecule has 1 atom stereocenters. The third kappa shape index (κ3) is 6.90. The van der Waals surface area contributed by atoms with Crippen LogP contribution in [0.4, 0.5) is 9.18 Å². The molecule has 0 unspecified atom stereocenters. The van der Waals surface area contributed by atoms with Gasteiger partial charge in [-0.1, -0.05) is 6.42 Å². The van der Waals surface area contributed by atoms with Crippen molar-refractivity contribution in [2.75, 3.05) is 25.4 Å². The van der Waals surface area contributed by atoms with E-state index in [-0.39, 0.29) is 18.2 Å². The maximum absolute atomic E-state index is 14.3. The second kappa shape index (κ2) is 9.95. The molecule has 10 heteroatoms. The molecule has 0 aromatic heterocycles. The minimum atomic E-state index is -3.56. The van der Waals surface area contributed by atoms with E-state index in [9.17, 15) is 22.4 Å². The number of carbonyl (C=O) groups is 2. The lowest BCUT2D eigenvalue weighted by Gasteiger charge is -2.18. The number of amides is 3. The number of ether oxygens (including phenoxy) is 1. The van der Waals surface area contributed by atoms with Crippen LogP contribution in [0.3, 0.4) is 0 Å². The Morgan fingerprint density at radius 2 is 2.00 bits per heavy atom. The lowest BCUT2D eigenvalue weighted by Crippen LogP contribution is -2.30. The van der Waals surface area contributed by atoms with Gasteiger partial charge in [0.1, 0.15) is 18.1 Å². The second-order valence-electron chi connectivity index (χ2n) is 8.37. The normalized spacial score (nSPS) is 17.7. The fourth-order valence-corrected chi connectivity index (χ4v) is 4.77. The molecule has 1 saturated heterocycles. The summed E-state index contributed by atoms with van der Waals surface area (Å²) in [7, 11) is -3.56. The van der Waals surface area contributed by atoms with Crippen molar-refractivity contribution < 1.29 is 27.1 Å². The molecule has 172 valence electrons. The number of hydrogen-bond donors (Lipinski definition) is 2. The van der Waals surface area contributed by atoms with Gasteiger partial charge in [0.25, 0.3) is 0 Å². The van der Waals surface area contributed by atoms with Gasteiger partial charge in [0.2, 0.25) is 15.9 Å². The third-order valence-electron chi connectivity index (χ3n) is 5.56. The van der Waals surface area contributed by atoms with Crippen molar-refractivity contribution >= 4 is 22.0 Å². The first-order valence-electron chi connectivity index (χ1n) is 10.7. The smallest absolute Gasteiger partial charge is 0.324 e. The molecule has 3 rings (SSSR count). The number of sulfonamides is 1. The maximum atomic E-state index is 14.3. The minimum absolute atomic E-state index is 0.0513. The zero-order chi connectivity index (χ0) is 22.6. The number of nitrogens with zero attached hydrogens (tertiary/aromatic N) is 1. The van der Waals surface area contributed by atoms with Gasteiger partial charge in [-0.2, -0.15) is 0 Å². The van der Waals surface area contributed by atoms with E-state index in [0.717, 1.165) is 12.8 Å². The third-order valence-corrected chi connectivity index (χ3v) is 7.09. The predicted molar refractivity (Wildman–Crippen MR) is 114 cm³/mol. The summed E-state index contributed by atoms with van der Waals surface area (Å²) in [5.74, 6) is 0.180. The number of unbranched alkanes of at least 4 members (excludes halogenated alkanes) is 2. The number of rotatable bonds is 12. The zero-order valence-corrected chi connectivity index (χ0v) is 18.8. The van der Waals surface area contributed by atoms with Gasteiger partial charge >= 0.3 is 6.03 Å². The van der Waals surface area contributed by atoms with Gasteiger partial charge in [0, 0.05) is 18.2 Å². The molecule has 8 nitrogen and oxygen atoms in total.